The number of aromatic hydroxyl groups is 1. The molecule has 2 rings (SSSR count). The first kappa shape index (κ1) is 14.3. The van der Waals surface area contributed by atoms with Crippen LogP contribution in [-0.2, 0) is 11.2 Å². The number of phenolic OH excluding ortho intramolecular Hbond substituents is 1. The van der Waals surface area contributed by atoms with Gasteiger partial charge in [-0.25, -0.2) is 5.43 Å². The Labute approximate surface area is 125 Å². The van der Waals surface area contributed by atoms with Crippen LogP contribution in [0.1, 0.15) is 11.1 Å². The number of benzene rings is 2. The van der Waals surface area contributed by atoms with E-state index in [2.05, 4.69) is 26.5 Å². The van der Waals surface area contributed by atoms with Gasteiger partial charge in [0.15, 0.2) is 0 Å². The maximum Gasteiger partial charge on any atom is 0.244 e. The molecule has 0 saturated heterocycles. The molecule has 0 spiro atoms. The summed E-state index contributed by atoms with van der Waals surface area (Å²) in [4.78, 5) is 11.7. The molecule has 1 amide bonds. The van der Waals surface area contributed by atoms with Crippen LogP contribution in [0.3, 0.4) is 0 Å². The van der Waals surface area contributed by atoms with E-state index < -0.39 is 0 Å². The Kier molecular flexibility index (Phi) is 4.90. The number of hydrazone groups is 1. The molecule has 102 valence electrons. The van der Waals surface area contributed by atoms with Gasteiger partial charge in [-0.2, -0.15) is 5.10 Å². The van der Waals surface area contributed by atoms with Gasteiger partial charge in [-0.1, -0.05) is 46.3 Å². The molecule has 2 aromatic rings. The number of hydrogen-bond acceptors (Lipinski definition) is 3. The zero-order valence-electron chi connectivity index (χ0n) is 10.6. The van der Waals surface area contributed by atoms with Crippen LogP contribution in [0, 0.1) is 0 Å². The normalized spacial score (nSPS) is 10.7. The van der Waals surface area contributed by atoms with Gasteiger partial charge in [-0.15, -0.1) is 0 Å². The third-order valence-electron chi connectivity index (χ3n) is 2.57. The predicted molar refractivity (Wildman–Crippen MR) is 81.7 cm³/mol. The van der Waals surface area contributed by atoms with Crippen molar-refractivity contribution in [1.29, 1.82) is 0 Å². The van der Waals surface area contributed by atoms with Gasteiger partial charge in [0.1, 0.15) is 5.75 Å². The number of hydrogen-bond donors (Lipinski definition) is 2. The summed E-state index contributed by atoms with van der Waals surface area (Å²) in [5.41, 5.74) is 4.07. The second-order valence-corrected chi connectivity index (χ2v) is 5.02. The van der Waals surface area contributed by atoms with Crippen molar-refractivity contribution >= 4 is 28.1 Å². The predicted octanol–water partition coefficient (Wildman–Crippen LogP) is 2.85. The lowest BCUT2D eigenvalue weighted by molar-refractivity contribution is -0.120. The van der Waals surface area contributed by atoms with Crippen LogP contribution in [0.15, 0.2) is 58.1 Å². The molecule has 0 radical (unpaired) electrons. The summed E-state index contributed by atoms with van der Waals surface area (Å²) < 4.78 is 0.908. The lowest BCUT2D eigenvalue weighted by Crippen LogP contribution is -2.19. The largest absolute Gasteiger partial charge is 0.508 e. The third-order valence-corrected chi connectivity index (χ3v) is 3.30. The zero-order valence-corrected chi connectivity index (χ0v) is 12.2. The monoisotopic (exact) mass is 332 g/mol. The topological polar surface area (TPSA) is 61.7 Å². The van der Waals surface area contributed by atoms with Crippen LogP contribution in [0.4, 0.5) is 0 Å². The van der Waals surface area contributed by atoms with E-state index in [4.69, 9.17) is 0 Å². The molecule has 4 nitrogen and oxygen atoms in total. The number of nitrogens with one attached hydrogen (secondary N) is 1. The van der Waals surface area contributed by atoms with Crippen molar-refractivity contribution in [3.8, 4) is 5.75 Å². The van der Waals surface area contributed by atoms with Crippen LogP contribution in [0.2, 0.25) is 0 Å². The Hall–Kier alpha value is -2.14. The highest BCUT2D eigenvalue weighted by atomic mass is 79.9. The Bertz CT molecular complexity index is 641. The molecule has 0 aromatic heterocycles. The second-order valence-electron chi connectivity index (χ2n) is 4.16. The van der Waals surface area contributed by atoms with E-state index in [1.807, 2.05) is 24.3 Å². The van der Waals surface area contributed by atoms with Crippen LogP contribution >= 0.6 is 15.9 Å². The van der Waals surface area contributed by atoms with Crippen molar-refractivity contribution in [1.82, 2.24) is 5.43 Å². The average molecular weight is 333 g/mol. The van der Waals surface area contributed by atoms with Gasteiger partial charge in [-0.05, 0) is 23.8 Å². The first-order valence-corrected chi connectivity index (χ1v) is 6.79. The SMILES string of the molecule is O=C(Cc1cccc(O)c1)N/N=C/c1ccccc1Br. The second kappa shape index (κ2) is 6.86. The van der Waals surface area contributed by atoms with E-state index in [1.165, 1.54) is 0 Å². The molecule has 0 atom stereocenters. The fraction of sp³-hybridized carbons (Fsp3) is 0.0667. The highest BCUT2D eigenvalue weighted by molar-refractivity contribution is 9.10. The summed E-state index contributed by atoms with van der Waals surface area (Å²) in [6.07, 6.45) is 1.74. The molecule has 0 saturated carbocycles. The number of halogens is 1. The summed E-state index contributed by atoms with van der Waals surface area (Å²) in [6.45, 7) is 0. The van der Waals surface area contributed by atoms with Crippen LogP contribution < -0.4 is 5.43 Å². The minimum Gasteiger partial charge on any atom is -0.508 e. The number of carbonyl (C=O) groups is 1. The maximum atomic E-state index is 11.7. The molecule has 0 aliphatic rings. The molecule has 0 bridgehead atoms. The number of phenols is 1. The number of amides is 1. The van der Waals surface area contributed by atoms with Crippen LogP contribution in [-0.4, -0.2) is 17.2 Å². The highest BCUT2D eigenvalue weighted by Gasteiger charge is 2.02. The van der Waals surface area contributed by atoms with Gasteiger partial charge in [0.25, 0.3) is 0 Å². The first-order chi connectivity index (χ1) is 9.65. The quantitative estimate of drug-likeness (QED) is 0.668. The van der Waals surface area contributed by atoms with E-state index in [-0.39, 0.29) is 18.1 Å². The third kappa shape index (κ3) is 4.20. The van der Waals surface area contributed by atoms with Gasteiger partial charge in [-0.3, -0.25) is 4.79 Å². The molecule has 2 N–H and O–H groups in total. The van der Waals surface area contributed by atoms with Crippen LogP contribution in [0.25, 0.3) is 0 Å². The molecule has 0 fully saturated rings. The number of carbonyl (C=O) groups excluding carboxylic acids is 1. The molecular formula is C15H13BrN2O2. The average Bonchev–Trinajstić information content (AvgIpc) is 2.41. The fourth-order valence-electron chi connectivity index (χ4n) is 1.64. The Morgan fingerprint density at radius 2 is 2.05 bits per heavy atom. The van der Waals surface area contributed by atoms with E-state index in [0.717, 1.165) is 15.6 Å². The molecule has 20 heavy (non-hydrogen) atoms. The lowest BCUT2D eigenvalue weighted by Gasteiger charge is -2.01. The standard InChI is InChI=1S/C15H13BrN2O2/c16-14-7-2-1-5-12(14)10-17-18-15(20)9-11-4-3-6-13(19)8-11/h1-8,10,19H,9H2,(H,18,20)/b17-10+. The summed E-state index contributed by atoms with van der Waals surface area (Å²) in [5, 5.41) is 13.2. The Morgan fingerprint density at radius 3 is 2.80 bits per heavy atom. The van der Waals surface area contributed by atoms with Crippen molar-refractivity contribution < 1.29 is 9.90 Å². The van der Waals surface area contributed by atoms with Gasteiger partial charge in [0.05, 0.1) is 12.6 Å². The molecule has 0 heterocycles. The van der Waals surface area contributed by atoms with Crippen molar-refractivity contribution in [3.05, 3.63) is 64.1 Å². The molecule has 2 aromatic carbocycles. The fourth-order valence-corrected chi connectivity index (χ4v) is 2.03. The molecular weight excluding hydrogens is 320 g/mol. The summed E-state index contributed by atoms with van der Waals surface area (Å²) >= 11 is 3.39. The Balaban J connectivity index is 1.91. The minimum absolute atomic E-state index is 0.145. The summed E-state index contributed by atoms with van der Waals surface area (Å²) in [6, 6.07) is 14.2. The van der Waals surface area contributed by atoms with Gasteiger partial charge >= 0.3 is 0 Å². The lowest BCUT2D eigenvalue weighted by atomic mass is 10.1. The zero-order chi connectivity index (χ0) is 14.4. The summed E-state index contributed by atoms with van der Waals surface area (Å²) in [5.74, 6) is -0.0917. The smallest absolute Gasteiger partial charge is 0.244 e. The minimum atomic E-state index is -0.237. The molecule has 0 aliphatic heterocycles. The number of rotatable bonds is 4. The number of nitrogens with zero attached hydrogens (tertiary/aromatic N) is 1. The van der Waals surface area contributed by atoms with Crippen molar-refractivity contribution in [2.45, 2.75) is 6.42 Å². The van der Waals surface area contributed by atoms with Crippen molar-refractivity contribution in [2.24, 2.45) is 5.10 Å². The van der Waals surface area contributed by atoms with Gasteiger partial charge in [0.2, 0.25) is 5.91 Å². The van der Waals surface area contributed by atoms with Crippen molar-refractivity contribution in [3.63, 3.8) is 0 Å². The van der Waals surface area contributed by atoms with Gasteiger partial charge in [0, 0.05) is 10.0 Å². The van der Waals surface area contributed by atoms with E-state index >= 15 is 0 Å². The molecule has 5 heteroatoms. The van der Waals surface area contributed by atoms with Gasteiger partial charge < -0.3 is 5.11 Å². The van der Waals surface area contributed by atoms with Crippen molar-refractivity contribution in [2.75, 3.05) is 0 Å². The van der Waals surface area contributed by atoms with E-state index in [9.17, 15) is 9.90 Å². The van der Waals surface area contributed by atoms with E-state index in [0.29, 0.717) is 0 Å². The maximum absolute atomic E-state index is 11.7. The van der Waals surface area contributed by atoms with Crippen LogP contribution in [0.5, 0.6) is 5.75 Å². The Morgan fingerprint density at radius 1 is 1.25 bits per heavy atom. The first-order valence-electron chi connectivity index (χ1n) is 5.99. The highest BCUT2D eigenvalue weighted by Crippen LogP contribution is 2.13. The van der Waals surface area contributed by atoms with E-state index in [1.54, 1.807) is 30.5 Å². The molecule has 0 unspecified atom stereocenters. The molecule has 0 aliphatic carbocycles. The summed E-state index contributed by atoms with van der Waals surface area (Å²) in [7, 11) is 0.